The lowest BCUT2D eigenvalue weighted by molar-refractivity contribution is 0.102. The molecule has 1 amide bonds. The lowest BCUT2D eigenvalue weighted by Crippen LogP contribution is -2.14. The zero-order chi connectivity index (χ0) is 11.5. The van der Waals surface area contributed by atoms with Crippen molar-refractivity contribution < 1.29 is 4.79 Å². The molecule has 0 spiro atoms. The van der Waals surface area contributed by atoms with Crippen LogP contribution in [-0.4, -0.2) is 21.1 Å². The Balaban J connectivity index is 2.17. The van der Waals surface area contributed by atoms with Gasteiger partial charge < -0.3 is 11.1 Å². The van der Waals surface area contributed by atoms with E-state index in [4.69, 9.17) is 5.73 Å². The van der Waals surface area contributed by atoms with Crippen LogP contribution in [-0.2, 0) is 0 Å². The maximum Gasteiger partial charge on any atom is 0.262 e. The minimum absolute atomic E-state index is 0.241. The average Bonchev–Trinajstić information content (AvgIpc) is 2.64. The molecule has 0 aliphatic carbocycles. The summed E-state index contributed by atoms with van der Waals surface area (Å²) in [7, 11) is 0. The van der Waals surface area contributed by atoms with Gasteiger partial charge in [-0.05, 0) is 19.1 Å². The van der Waals surface area contributed by atoms with E-state index in [9.17, 15) is 4.79 Å². The number of carbonyl (C=O) groups is 1. The van der Waals surface area contributed by atoms with Crippen LogP contribution in [0.25, 0.3) is 0 Å². The lowest BCUT2D eigenvalue weighted by Gasteiger charge is -2.03. The smallest absolute Gasteiger partial charge is 0.262 e. The fourth-order valence-electron chi connectivity index (χ4n) is 1.27. The Morgan fingerprint density at radius 3 is 2.94 bits per heavy atom. The van der Waals surface area contributed by atoms with Crippen LogP contribution in [0.2, 0.25) is 0 Å². The Kier molecular flexibility index (Phi) is 2.55. The molecule has 0 atom stereocenters. The van der Waals surface area contributed by atoms with Gasteiger partial charge in [0.2, 0.25) is 0 Å². The van der Waals surface area contributed by atoms with Crippen molar-refractivity contribution in [1.29, 1.82) is 0 Å². The summed E-state index contributed by atoms with van der Waals surface area (Å²) in [6.07, 6.45) is 1.38. The van der Waals surface area contributed by atoms with E-state index in [1.807, 2.05) is 19.1 Å². The van der Waals surface area contributed by atoms with Crippen LogP contribution in [0.4, 0.5) is 11.6 Å². The number of nitrogens with one attached hydrogen (secondary N) is 2. The molecular formula is C10H11N5O. The number of anilines is 2. The minimum atomic E-state index is -0.329. The number of aromatic amines is 1. The summed E-state index contributed by atoms with van der Waals surface area (Å²) in [4.78, 5) is 15.9. The molecule has 0 saturated heterocycles. The predicted octanol–water partition coefficient (Wildman–Crippen LogP) is 0.948. The normalized spacial score (nSPS) is 10.1. The number of nitrogen functional groups attached to an aromatic ring is 1. The molecule has 2 heterocycles. The second kappa shape index (κ2) is 4.01. The van der Waals surface area contributed by atoms with E-state index in [0.717, 1.165) is 5.69 Å². The molecule has 0 aliphatic heterocycles. The SMILES string of the molecule is Cc1cccc(NC(=O)c2cn[nH]c2N)n1. The Morgan fingerprint density at radius 1 is 1.50 bits per heavy atom. The van der Waals surface area contributed by atoms with Gasteiger partial charge in [-0.25, -0.2) is 4.98 Å². The first-order chi connectivity index (χ1) is 7.66. The molecule has 0 fully saturated rings. The summed E-state index contributed by atoms with van der Waals surface area (Å²) in [6.45, 7) is 1.85. The molecule has 2 aromatic heterocycles. The number of rotatable bonds is 2. The van der Waals surface area contributed by atoms with E-state index in [1.54, 1.807) is 6.07 Å². The summed E-state index contributed by atoms with van der Waals surface area (Å²) in [6, 6.07) is 5.37. The molecule has 0 radical (unpaired) electrons. The lowest BCUT2D eigenvalue weighted by atomic mass is 10.3. The van der Waals surface area contributed by atoms with Crippen LogP contribution in [0.15, 0.2) is 24.4 Å². The third kappa shape index (κ3) is 2.00. The van der Waals surface area contributed by atoms with Crippen molar-refractivity contribution in [2.75, 3.05) is 11.1 Å². The Morgan fingerprint density at radius 2 is 2.31 bits per heavy atom. The third-order valence-corrected chi connectivity index (χ3v) is 2.04. The van der Waals surface area contributed by atoms with Crippen LogP contribution in [0.3, 0.4) is 0 Å². The van der Waals surface area contributed by atoms with E-state index in [-0.39, 0.29) is 11.7 Å². The highest BCUT2D eigenvalue weighted by Gasteiger charge is 2.11. The van der Waals surface area contributed by atoms with Crippen molar-refractivity contribution in [2.24, 2.45) is 0 Å². The molecule has 6 heteroatoms. The zero-order valence-electron chi connectivity index (χ0n) is 8.69. The summed E-state index contributed by atoms with van der Waals surface area (Å²) < 4.78 is 0. The van der Waals surface area contributed by atoms with E-state index >= 15 is 0 Å². The molecule has 0 unspecified atom stereocenters. The molecule has 4 N–H and O–H groups in total. The van der Waals surface area contributed by atoms with E-state index < -0.39 is 0 Å². The van der Waals surface area contributed by atoms with Gasteiger partial charge in [0.25, 0.3) is 5.91 Å². The minimum Gasteiger partial charge on any atom is -0.383 e. The van der Waals surface area contributed by atoms with Gasteiger partial charge >= 0.3 is 0 Å². The fraction of sp³-hybridized carbons (Fsp3) is 0.100. The number of hydrogen-bond donors (Lipinski definition) is 3. The number of aryl methyl sites for hydroxylation is 1. The standard InChI is InChI=1S/C10H11N5O/c1-6-3-2-4-8(13-6)14-10(16)7-5-12-15-9(7)11/h2-5H,1H3,(H3,11,12,15)(H,13,14,16). The van der Waals surface area contributed by atoms with Gasteiger partial charge in [0.1, 0.15) is 17.2 Å². The van der Waals surface area contributed by atoms with Crippen molar-refractivity contribution in [2.45, 2.75) is 6.92 Å². The largest absolute Gasteiger partial charge is 0.383 e. The highest BCUT2D eigenvalue weighted by molar-refractivity contribution is 6.06. The molecule has 6 nitrogen and oxygen atoms in total. The molecular weight excluding hydrogens is 206 g/mol. The topological polar surface area (TPSA) is 96.7 Å². The maximum atomic E-state index is 11.7. The van der Waals surface area contributed by atoms with Gasteiger partial charge in [-0.1, -0.05) is 6.07 Å². The second-order valence-electron chi connectivity index (χ2n) is 3.32. The van der Waals surface area contributed by atoms with Gasteiger partial charge in [-0.2, -0.15) is 5.10 Å². The van der Waals surface area contributed by atoms with E-state index in [0.29, 0.717) is 11.4 Å². The predicted molar refractivity (Wildman–Crippen MR) is 59.9 cm³/mol. The highest BCUT2D eigenvalue weighted by Crippen LogP contribution is 2.10. The quantitative estimate of drug-likeness (QED) is 0.697. The van der Waals surface area contributed by atoms with Crippen molar-refractivity contribution in [3.8, 4) is 0 Å². The van der Waals surface area contributed by atoms with Gasteiger partial charge in [-0.15, -0.1) is 0 Å². The molecule has 16 heavy (non-hydrogen) atoms. The Labute approximate surface area is 91.9 Å². The van der Waals surface area contributed by atoms with Crippen LogP contribution in [0, 0.1) is 6.92 Å². The molecule has 0 bridgehead atoms. The molecule has 0 saturated carbocycles. The monoisotopic (exact) mass is 217 g/mol. The van der Waals surface area contributed by atoms with Crippen molar-refractivity contribution >= 4 is 17.5 Å². The summed E-state index contributed by atoms with van der Waals surface area (Å²) in [5.41, 5.74) is 6.67. The molecule has 2 rings (SSSR count). The average molecular weight is 217 g/mol. The van der Waals surface area contributed by atoms with Crippen molar-refractivity contribution in [1.82, 2.24) is 15.2 Å². The second-order valence-corrected chi connectivity index (χ2v) is 3.32. The Bertz CT molecular complexity index is 519. The summed E-state index contributed by atoms with van der Waals surface area (Å²) >= 11 is 0. The molecule has 0 aliphatic rings. The highest BCUT2D eigenvalue weighted by atomic mass is 16.1. The maximum absolute atomic E-state index is 11.7. The number of pyridine rings is 1. The number of hydrogen-bond acceptors (Lipinski definition) is 4. The number of aromatic nitrogens is 3. The summed E-state index contributed by atoms with van der Waals surface area (Å²) in [5, 5.41) is 8.80. The van der Waals surface area contributed by atoms with Crippen LogP contribution in [0.5, 0.6) is 0 Å². The van der Waals surface area contributed by atoms with Crippen LogP contribution >= 0.6 is 0 Å². The van der Waals surface area contributed by atoms with Crippen LogP contribution in [0.1, 0.15) is 16.1 Å². The number of carbonyl (C=O) groups excluding carboxylic acids is 1. The third-order valence-electron chi connectivity index (χ3n) is 2.04. The Hall–Kier alpha value is -2.37. The van der Waals surface area contributed by atoms with Crippen molar-refractivity contribution in [3.05, 3.63) is 35.7 Å². The zero-order valence-corrected chi connectivity index (χ0v) is 8.69. The fourth-order valence-corrected chi connectivity index (χ4v) is 1.27. The first-order valence-corrected chi connectivity index (χ1v) is 4.70. The first-order valence-electron chi connectivity index (χ1n) is 4.70. The number of nitrogens with zero attached hydrogens (tertiary/aromatic N) is 2. The summed E-state index contributed by atoms with van der Waals surface area (Å²) in [5.74, 6) is 0.403. The van der Waals surface area contributed by atoms with Gasteiger partial charge in [-0.3, -0.25) is 9.89 Å². The van der Waals surface area contributed by atoms with Crippen molar-refractivity contribution in [3.63, 3.8) is 0 Å². The number of nitrogens with two attached hydrogens (primary N) is 1. The number of H-pyrrole nitrogens is 1. The van der Waals surface area contributed by atoms with Crippen LogP contribution < -0.4 is 11.1 Å². The van der Waals surface area contributed by atoms with Gasteiger partial charge in [0.05, 0.1) is 6.20 Å². The first kappa shape index (κ1) is 10.2. The van der Waals surface area contributed by atoms with E-state index in [2.05, 4.69) is 20.5 Å². The molecule has 0 aromatic carbocycles. The van der Waals surface area contributed by atoms with E-state index in [1.165, 1.54) is 6.20 Å². The molecule has 2 aromatic rings. The number of amides is 1. The molecule has 82 valence electrons. The van der Waals surface area contributed by atoms with Gasteiger partial charge in [0, 0.05) is 5.69 Å². The van der Waals surface area contributed by atoms with Gasteiger partial charge in [0.15, 0.2) is 0 Å².